The van der Waals surface area contributed by atoms with E-state index in [1.807, 2.05) is 0 Å². The van der Waals surface area contributed by atoms with Gasteiger partial charge in [-0.1, -0.05) is 17.7 Å². The van der Waals surface area contributed by atoms with E-state index in [0.29, 0.717) is 11.5 Å². The van der Waals surface area contributed by atoms with Crippen LogP contribution < -0.4 is 14.8 Å². The molecule has 0 aromatic heterocycles. The number of carboxylic acid groups (broad SMARTS) is 1. The monoisotopic (exact) mass is 361 g/mol. The molecule has 0 saturated carbocycles. The lowest BCUT2D eigenvalue weighted by Gasteiger charge is -2.08. The summed E-state index contributed by atoms with van der Waals surface area (Å²) >= 11 is 5.78. The average Bonchev–Trinajstić information content (AvgIpc) is 2.61. The molecule has 0 aliphatic rings. The van der Waals surface area contributed by atoms with Gasteiger partial charge in [0.1, 0.15) is 0 Å². The standard InChI is InChI=1S/C18H16ClNO5/c1-24-15-7-3-11(9-16(15)25-2)4-8-17(21)20-14-6-5-12(19)10-13(14)18(22)23/h3-10H,1-2H3,(H,20,21)(H,22,23)/b8-4+. The van der Waals surface area contributed by atoms with E-state index >= 15 is 0 Å². The molecule has 0 heterocycles. The number of hydrogen-bond acceptors (Lipinski definition) is 4. The zero-order valence-corrected chi connectivity index (χ0v) is 14.3. The van der Waals surface area contributed by atoms with Crippen LogP contribution in [0.3, 0.4) is 0 Å². The van der Waals surface area contributed by atoms with Crippen molar-refractivity contribution in [2.75, 3.05) is 19.5 Å². The molecule has 6 nitrogen and oxygen atoms in total. The molecule has 2 aromatic rings. The first kappa shape index (κ1) is 18.4. The molecular weight excluding hydrogens is 346 g/mol. The number of anilines is 1. The number of methoxy groups -OCH3 is 2. The van der Waals surface area contributed by atoms with Crippen molar-refractivity contribution in [3.05, 3.63) is 58.6 Å². The highest BCUT2D eigenvalue weighted by Crippen LogP contribution is 2.28. The molecule has 2 aromatic carbocycles. The van der Waals surface area contributed by atoms with E-state index in [9.17, 15) is 9.59 Å². The maximum absolute atomic E-state index is 12.0. The van der Waals surface area contributed by atoms with Gasteiger partial charge in [0.25, 0.3) is 0 Å². The largest absolute Gasteiger partial charge is 0.493 e. The molecule has 2 rings (SSSR count). The maximum Gasteiger partial charge on any atom is 0.337 e. The van der Waals surface area contributed by atoms with Crippen LogP contribution in [0.15, 0.2) is 42.5 Å². The van der Waals surface area contributed by atoms with Gasteiger partial charge in [-0.05, 0) is 42.0 Å². The maximum atomic E-state index is 12.0. The van der Waals surface area contributed by atoms with Crippen LogP contribution in [0, 0.1) is 0 Å². The van der Waals surface area contributed by atoms with Gasteiger partial charge in [-0.3, -0.25) is 4.79 Å². The summed E-state index contributed by atoms with van der Waals surface area (Å²) in [4.78, 5) is 23.3. The van der Waals surface area contributed by atoms with Gasteiger partial charge in [0.05, 0.1) is 25.5 Å². The summed E-state index contributed by atoms with van der Waals surface area (Å²) in [6.45, 7) is 0. The van der Waals surface area contributed by atoms with Gasteiger partial charge in [-0.25, -0.2) is 4.79 Å². The van der Waals surface area contributed by atoms with Crippen LogP contribution in [0.4, 0.5) is 5.69 Å². The summed E-state index contributed by atoms with van der Waals surface area (Å²) in [5, 5.41) is 12.0. The van der Waals surface area contributed by atoms with E-state index in [1.165, 1.54) is 38.5 Å². The average molecular weight is 362 g/mol. The predicted molar refractivity (Wildman–Crippen MR) is 95.6 cm³/mol. The highest BCUT2D eigenvalue weighted by atomic mass is 35.5. The second-order valence-corrected chi connectivity index (χ2v) is 5.37. The van der Waals surface area contributed by atoms with Crippen molar-refractivity contribution in [2.45, 2.75) is 0 Å². The predicted octanol–water partition coefficient (Wildman–Crippen LogP) is 3.71. The fraction of sp³-hybridized carbons (Fsp3) is 0.111. The summed E-state index contributed by atoms with van der Waals surface area (Å²) in [7, 11) is 3.05. The topological polar surface area (TPSA) is 84.9 Å². The smallest absolute Gasteiger partial charge is 0.337 e. The third-order valence-corrected chi connectivity index (χ3v) is 3.54. The van der Waals surface area contributed by atoms with Crippen molar-refractivity contribution in [3.8, 4) is 11.5 Å². The Hall–Kier alpha value is -2.99. The molecule has 0 saturated heterocycles. The number of ether oxygens (including phenoxy) is 2. The van der Waals surface area contributed by atoms with Crippen LogP contribution in [0.2, 0.25) is 5.02 Å². The quantitative estimate of drug-likeness (QED) is 0.766. The minimum absolute atomic E-state index is 0.0830. The molecule has 0 atom stereocenters. The Labute approximate surface area is 149 Å². The third kappa shape index (κ3) is 4.74. The number of benzene rings is 2. The molecule has 0 bridgehead atoms. The molecule has 1 amide bonds. The van der Waals surface area contributed by atoms with Crippen LogP contribution in [0.5, 0.6) is 11.5 Å². The van der Waals surface area contributed by atoms with Crippen LogP contribution in [0.1, 0.15) is 15.9 Å². The van der Waals surface area contributed by atoms with E-state index in [2.05, 4.69) is 5.32 Å². The first-order chi connectivity index (χ1) is 11.9. The molecule has 130 valence electrons. The summed E-state index contributed by atoms with van der Waals surface area (Å²) in [5.74, 6) is -0.534. The molecular formula is C18H16ClNO5. The minimum Gasteiger partial charge on any atom is -0.493 e. The van der Waals surface area contributed by atoms with Crippen molar-refractivity contribution in [3.63, 3.8) is 0 Å². The molecule has 0 aliphatic carbocycles. The molecule has 25 heavy (non-hydrogen) atoms. The SMILES string of the molecule is COc1ccc(/C=C/C(=O)Nc2ccc(Cl)cc2C(=O)O)cc1OC. The third-order valence-electron chi connectivity index (χ3n) is 3.30. The first-order valence-corrected chi connectivity index (χ1v) is 7.56. The lowest BCUT2D eigenvalue weighted by molar-refractivity contribution is -0.111. The lowest BCUT2D eigenvalue weighted by Crippen LogP contribution is -2.12. The molecule has 0 unspecified atom stereocenters. The van der Waals surface area contributed by atoms with Gasteiger partial charge < -0.3 is 19.9 Å². The number of hydrogen-bond donors (Lipinski definition) is 2. The van der Waals surface area contributed by atoms with Crippen molar-refractivity contribution < 1.29 is 24.2 Å². The molecule has 2 N–H and O–H groups in total. The molecule has 0 radical (unpaired) electrons. The Bertz CT molecular complexity index is 832. The number of halogens is 1. The zero-order chi connectivity index (χ0) is 18.4. The van der Waals surface area contributed by atoms with E-state index in [4.69, 9.17) is 26.2 Å². The van der Waals surface area contributed by atoms with Crippen molar-refractivity contribution in [1.82, 2.24) is 0 Å². The number of carbonyl (C=O) groups excluding carboxylic acids is 1. The fourth-order valence-corrected chi connectivity index (χ4v) is 2.28. The highest BCUT2D eigenvalue weighted by molar-refractivity contribution is 6.31. The number of carbonyl (C=O) groups is 2. The van der Waals surface area contributed by atoms with Crippen molar-refractivity contribution >= 4 is 35.2 Å². The van der Waals surface area contributed by atoms with E-state index in [-0.39, 0.29) is 16.3 Å². The Morgan fingerprint density at radius 1 is 1.08 bits per heavy atom. The van der Waals surface area contributed by atoms with Gasteiger partial charge in [0.2, 0.25) is 5.91 Å². The number of nitrogens with one attached hydrogen (secondary N) is 1. The van der Waals surface area contributed by atoms with Gasteiger partial charge in [-0.2, -0.15) is 0 Å². The number of aromatic carboxylic acids is 1. The van der Waals surface area contributed by atoms with Crippen LogP contribution in [0.25, 0.3) is 6.08 Å². The van der Waals surface area contributed by atoms with Crippen LogP contribution in [-0.4, -0.2) is 31.2 Å². The Balaban J connectivity index is 2.15. The summed E-state index contributed by atoms with van der Waals surface area (Å²) < 4.78 is 10.3. The highest BCUT2D eigenvalue weighted by Gasteiger charge is 2.12. The normalized spacial score (nSPS) is 10.5. The molecule has 0 aliphatic heterocycles. The van der Waals surface area contributed by atoms with Gasteiger partial charge >= 0.3 is 5.97 Å². The van der Waals surface area contributed by atoms with E-state index in [0.717, 1.165) is 5.56 Å². The van der Waals surface area contributed by atoms with E-state index < -0.39 is 11.9 Å². The molecule has 0 fully saturated rings. The second-order valence-electron chi connectivity index (χ2n) is 4.93. The van der Waals surface area contributed by atoms with Crippen molar-refractivity contribution in [1.29, 1.82) is 0 Å². The van der Waals surface area contributed by atoms with Gasteiger partial charge in [0.15, 0.2) is 11.5 Å². The number of carboxylic acids is 1. The summed E-state index contributed by atoms with van der Waals surface area (Å²) in [5.41, 5.74) is 0.807. The van der Waals surface area contributed by atoms with Crippen LogP contribution in [-0.2, 0) is 4.79 Å². The van der Waals surface area contributed by atoms with Gasteiger partial charge in [0, 0.05) is 11.1 Å². The minimum atomic E-state index is -1.18. The number of rotatable bonds is 6. The van der Waals surface area contributed by atoms with Crippen LogP contribution >= 0.6 is 11.6 Å². The fourth-order valence-electron chi connectivity index (χ4n) is 2.11. The summed E-state index contributed by atoms with van der Waals surface area (Å²) in [6.07, 6.45) is 2.87. The Kier molecular flexibility index (Phi) is 6.03. The summed E-state index contributed by atoms with van der Waals surface area (Å²) in [6, 6.07) is 9.41. The Morgan fingerprint density at radius 2 is 1.80 bits per heavy atom. The molecule has 0 spiro atoms. The Morgan fingerprint density at radius 3 is 2.44 bits per heavy atom. The lowest BCUT2D eigenvalue weighted by atomic mass is 10.1. The number of amides is 1. The second kappa shape index (κ2) is 8.21. The van der Waals surface area contributed by atoms with Crippen molar-refractivity contribution in [2.24, 2.45) is 0 Å². The first-order valence-electron chi connectivity index (χ1n) is 7.18. The van der Waals surface area contributed by atoms with Gasteiger partial charge in [-0.15, -0.1) is 0 Å². The van der Waals surface area contributed by atoms with E-state index in [1.54, 1.807) is 24.3 Å². The molecule has 7 heteroatoms. The zero-order valence-electron chi connectivity index (χ0n) is 13.6.